The minimum absolute atomic E-state index is 0.268. The van der Waals surface area contributed by atoms with Crippen molar-refractivity contribution in [1.82, 2.24) is 0 Å². The number of fused-ring (bicyclic) bond motifs is 8. The fourth-order valence-electron chi connectivity index (χ4n) is 8.83. The molecule has 0 bridgehead atoms. The molecule has 132 valence electrons. The van der Waals surface area contributed by atoms with Gasteiger partial charge in [-0.15, -0.1) is 0 Å². The molecule has 8 unspecified atom stereocenters. The highest BCUT2D eigenvalue weighted by molar-refractivity contribution is 5.92. The van der Waals surface area contributed by atoms with Crippen molar-refractivity contribution in [3.8, 4) is 6.07 Å². The Morgan fingerprint density at radius 3 is 2.64 bits per heavy atom. The molecule has 6 aliphatic rings. The monoisotopic (exact) mass is 335 g/mol. The van der Waals surface area contributed by atoms with Crippen molar-refractivity contribution >= 4 is 5.78 Å². The van der Waals surface area contributed by atoms with E-state index >= 15 is 0 Å². The number of rotatable bonds is 0. The summed E-state index contributed by atoms with van der Waals surface area (Å²) >= 11 is 0. The molecule has 0 aromatic rings. The molecule has 2 nitrogen and oxygen atoms in total. The average molecular weight is 335 g/mol. The summed E-state index contributed by atoms with van der Waals surface area (Å²) in [5.41, 5.74) is 2.48. The number of allylic oxidation sites excluding steroid dienone is 1. The topological polar surface area (TPSA) is 40.9 Å². The maximum atomic E-state index is 12.2. The van der Waals surface area contributed by atoms with Crippen LogP contribution in [-0.2, 0) is 4.79 Å². The Kier molecular flexibility index (Phi) is 2.54. The van der Waals surface area contributed by atoms with Gasteiger partial charge in [0.15, 0.2) is 5.78 Å². The highest BCUT2D eigenvalue weighted by Gasteiger charge is 2.73. The van der Waals surface area contributed by atoms with Crippen molar-refractivity contribution in [3.05, 3.63) is 11.6 Å². The van der Waals surface area contributed by atoms with Gasteiger partial charge < -0.3 is 0 Å². The first-order chi connectivity index (χ1) is 11.9. The lowest BCUT2D eigenvalue weighted by molar-refractivity contribution is -0.118. The van der Waals surface area contributed by atoms with E-state index in [9.17, 15) is 10.1 Å². The van der Waals surface area contributed by atoms with Crippen LogP contribution in [0.15, 0.2) is 11.6 Å². The van der Waals surface area contributed by atoms with Crippen LogP contribution in [0.1, 0.15) is 65.2 Å². The van der Waals surface area contributed by atoms with Crippen molar-refractivity contribution in [2.45, 2.75) is 65.2 Å². The van der Waals surface area contributed by atoms with Gasteiger partial charge in [0.1, 0.15) is 0 Å². The first kappa shape index (κ1) is 15.0. The third-order valence-corrected chi connectivity index (χ3v) is 10.0. The normalized spacial score (nSPS) is 56.8. The molecule has 6 aliphatic carbocycles. The van der Waals surface area contributed by atoms with Gasteiger partial charge in [-0.25, -0.2) is 0 Å². The fraction of sp³-hybridized carbons (Fsp3) is 0.826. The van der Waals surface area contributed by atoms with Gasteiger partial charge in [0.2, 0.25) is 0 Å². The van der Waals surface area contributed by atoms with E-state index in [1.807, 2.05) is 0 Å². The van der Waals surface area contributed by atoms with E-state index in [2.05, 4.69) is 26.0 Å². The van der Waals surface area contributed by atoms with Crippen LogP contribution in [0, 0.1) is 63.1 Å². The van der Waals surface area contributed by atoms with E-state index in [4.69, 9.17) is 0 Å². The molecular weight excluding hydrogens is 306 g/mol. The van der Waals surface area contributed by atoms with Gasteiger partial charge in [-0.1, -0.05) is 19.4 Å². The van der Waals surface area contributed by atoms with E-state index in [0.29, 0.717) is 23.0 Å². The SMILES string of the molecule is CC12CCC(=O)C=C1C1(CC1)CC1C2CCC2(C)C(C#N)C3CC3C12. The Bertz CT molecular complexity index is 755. The lowest BCUT2D eigenvalue weighted by Crippen LogP contribution is -2.54. The number of carbonyl (C=O) groups excluding carboxylic acids is 1. The van der Waals surface area contributed by atoms with E-state index in [0.717, 1.165) is 36.5 Å². The summed E-state index contributed by atoms with van der Waals surface area (Å²) in [6, 6.07) is 2.74. The molecule has 2 heteroatoms. The Morgan fingerprint density at radius 2 is 1.92 bits per heavy atom. The summed E-state index contributed by atoms with van der Waals surface area (Å²) in [6.07, 6.45) is 11.7. The largest absolute Gasteiger partial charge is 0.295 e. The molecule has 0 radical (unpaired) electrons. The number of nitrogens with zero attached hydrogens (tertiary/aromatic N) is 1. The zero-order valence-electron chi connectivity index (χ0n) is 15.6. The second-order valence-corrected chi connectivity index (χ2v) is 10.9. The van der Waals surface area contributed by atoms with Crippen LogP contribution in [0.25, 0.3) is 0 Å². The molecule has 5 saturated carbocycles. The summed E-state index contributed by atoms with van der Waals surface area (Å²) in [5, 5.41) is 9.85. The molecule has 0 aliphatic heterocycles. The number of carbonyl (C=O) groups is 1. The molecule has 5 fully saturated rings. The number of hydrogen-bond acceptors (Lipinski definition) is 2. The number of ketones is 1. The highest BCUT2D eigenvalue weighted by atomic mass is 16.1. The summed E-state index contributed by atoms with van der Waals surface area (Å²) in [4.78, 5) is 12.2. The maximum Gasteiger partial charge on any atom is 0.155 e. The molecule has 0 saturated heterocycles. The Balaban J connectivity index is 1.46. The Morgan fingerprint density at radius 1 is 1.12 bits per heavy atom. The molecule has 0 amide bonds. The van der Waals surface area contributed by atoms with Crippen LogP contribution < -0.4 is 0 Å². The van der Waals surface area contributed by atoms with E-state index in [-0.39, 0.29) is 10.8 Å². The van der Waals surface area contributed by atoms with Crippen LogP contribution >= 0.6 is 0 Å². The molecule has 1 spiro atoms. The van der Waals surface area contributed by atoms with Crippen LogP contribution in [0.4, 0.5) is 0 Å². The maximum absolute atomic E-state index is 12.2. The van der Waals surface area contributed by atoms with Crippen LogP contribution in [-0.4, -0.2) is 5.78 Å². The van der Waals surface area contributed by atoms with Gasteiger partial charge in [0.05, 0.1) is 12.0 Å². The highest BCUT2D eigenvalue weighted by Crippen LogP contribution is 2.79. The van der Waals surface area contributed by atoms with Gasteiger partial charge in [-0.3, -0.25) is 4.79 Å². The zero-order valence-corrected chi connectivity index (χ0v) is 15.6. The first-order valence-corrected chi connectivity index (χ1v) is 10.6. The average Bonchev–Trinajstić information content (AvgIpc) is 3.48. The van der Waals surface area contributed by atoms with E-state index in [1.54, 1.807) is 5.57 Å². The second-order valence-electron chi connectivity index (χ2n) is 10.9. The van der Waals surface area contributed by atoms with Gasteiger partial charge >= 0.3 is 0 Å². The summed E-state index contributed by atoms with van der Waals surface area (Å²) in [6.45, 7) is 4.97. The molecule has 0 aromatic carbocycles. The van der Waals surface area contributed by atoms with Gasteiger partial charge in [-0.05, 0) is 96.9 Å². The quantitative estimate of drug-likeness (QED) is 0.631. The van der Waals surface area contributed by atoms with Crippen molar-refractivity contribution < 1.29 is 4.79 Å². The minimum atomic E-state index is 0.268. The Labute approximate surface area is 151 Å². The van der Waals surface area contributed by atoms with Gasteiger partial charge in [-0.2, -0.15) is 5.26 Å². The van der Waals surface area contributed by atoms with Gasteiger partial charge in [0.25, 0.3) is 0 Å². The van der Waals surface area contributed by atoms with Crippen molar-refractivity contribution in [3.63, 3.8) is 0 Å². The molecule has 0 heterocycles. The number of nitriles is 1. The van der Waals surface area contributed by atoms with E-state index < -0.39 is 0 Å². The minimum Gasteiger partial charge on any atom is -0.295 e. The second kappa shape index (κ2) is 4.24. The van der Waals surface area contributed by atoms with Crippen LogP contribution in [0.5, 0.6) is 0 Å². The summed E-state index contributed by atoms with van der Waals surface area (Å²) < 4.78 is 0. The van der Waals surface area contributed by atoms with Crippen molar-refractivity contribution in [2.24, 2.45) is 51.8 Å². The molecule has 0 aromatic heterocycles. The first-order valence-electron chi connectivity index (χ1n) is 10.6. The van der Waals surface area contributed by atoms with E-state index in [1.165, 1.54) is 38.5 Å². The molecule has 6 rings (SSSR count). The number of hydrogen-bond donors (Lipinski definition) is 0. The predicted molar refractivity (Wildman–Crippen MR) is 95.2 cm³/mol. The van der Waals surface area contributed by atoms with Crippen molar-refractivity contribution in [1.29, 1.82) is 5.26 Å². The Hall–Kier alpha value is -1.10. The smallest absolute Gasteiger partial charge is 0.155 e. The standard InChI is InChI=1S/C23H29NO/c1-21-5-3-13(25)9-19(21)23(7-8-23)11-16-17(21)4-6-22(2)18(12-24)14-10-15(14)20(16)22/h9,14-18,20H,3-8,10-11H2,1-2H3. The van der Waals surface area contributed by atoms with Crippen LogP contribution in [0.2, 0.25) is 0 Å². The zero-order chi connectivity index (χ0) is 17.2. The van der Waals surface area contributed by atoms with Crippen molar-refractivity contribution in [2.75, 3.05) is 0 Å². The third-order valence-electron chi connectivity index (χ3n) is 10.0. The molecule has 8 atom stereocenters. The molecular formula is C23H29NO. The summed E-state index contributed by atoms with van der Waals surface area (Å²) in [7, 11) is 0. The third kappa shape index (κ3) is 1.61. The fourth-order valence-corrected chi connectivity index (χ4v) is 8.83. The molecule has 25 heavy (non-hydrogen) atoms. The lowest BCUT2D eigenvalue weighted by atomic mass is 9.43. The molecule has 0 N–H and O–H groups in total. The van der Waals surface area contributed by atoms with Crippen LogP contribution in [0.3, 0.4) is 0 Å². The van der Waals surface area contributed by atoms with Gasteiger partial charge in [0, 0.05) is 6.42 Å². The predicted octanol–water partition coefficient (Wildman–Crippen LogP) is 4.90. The summed E-state index contributed by atoms with van der Waals surface area (Å²) in [5.74, 6) is 4.61. The lowest BCUT2D eigenvalue weighted by Gasteiger charge is -2.60.